The molecular weight excluding hydrogens is 174 g/mol. The lowest BCUT2D eigenvalue weighted by atomic mass is 9.84. The molecule has 82 valence electrons. The first-order valence-corrected chi connectivity index (χ1v) is 5.73. The molecule has 2 nitrogen and oxygen atoms in total. The molecule has 0 unspecified atom stereocenters. The molecule has 0 aromatic rings. The Kier molecular flexibility index (Phi) is 3.71. The van der Waals surface area contributed by atoms with Crippen LogP contribution in [0.25, 0.3) is 0 Å². The predicted molar refractivity (Wildman–Crippen MR) is 59.3 cm³/mol. The van der Waals surface area contributed by atoms with Gasteiger partial charge in [0.25, 0.3) is 0 Å². The van der Waals surface area contributed by atoms with Gasteiger partial charge in [-0.25, -0.2) is 0 Å². The Bertz CT molecular complexity index is 201. The molecule has 0 spiro atoms. The third-order valence-corrected chi connectivity index (χ3v) is 2.77. The molecule has 0 heterocycles. The highest BCUT2D eigenvalue weighted by Crippen LogP contribution is 2.34. The van der Waals surface area contributed by atoms with E-state index in [1.807, 2.05) is 20.8 Å². The van der Waals surface area contributed by atoms with Crippen LogP contribution >= 0.6 is 0 Å². The van der Waals surface area contributed by atoms with Gasteiger partial charge in [0.15, 0.2) is 5.78 Å². The molecule has 1 atom stereocenters. The Morgan fingerprint density at radius 3 is 2.36 bits per heavy atom. The molecule has 1 aliphatic carbocycles. The Morgan fingerprint density at radius 2 is 2.00 bits per heavy atom. The number of ketones is 1. The average Bonchev–Trinajstić information content (AvgIpc) is 2.84. The highest BCUT2D eigenvalue weighted by Gasteiger charge is 2.33. The molecule has 1 rings (SSSR count). The van der Waals surface area contributed by atoms with Crippen molar-refractivity contribution in [1.29, 1.82) is 0 Å². The van der Waals surface area contributed by atoms with Crippen molar-refractivity contribution in [2.75, 3.05) is 6.54 Å². The summed E-state index contributed by atoms with van der Waals surface area (Å²) in [5.74, 6) is 1.18. The van der Waals surface area contributed by atoms with Crippen molar-refractivity contribution in [1.82, 2.24) is 5.32 Å². The summed E-state index contributed by atoms with van der Waals surface area (Å²) in [7, 11) is 0. The van der Waals surface area contributed by atoms with E-state index in [0.717, 1.165) is 18.9 Å². The monoisotopic (exact) mass is 197 g/mol. The standard InChI is InChI=1S/C12H23NO/c1-5-13-10(8-9-6-7-9)11(14)12(2,3)4/h9-10,13H,5-8H2,1-4H3/t10-/m0/s1. The van der Waals surface area contributed by atoms with E-state index in [-0.39, 0.29) is 11.5 Å². The van der Waals surface area contributed by atoms with E-state index in [1.165, 1.54) is 12.8 Å². The Balaban J connectivity index is 2.51. The molecule has 2 heteroatoms. The number of carbonyl (C=O) groups is 1. The summed E-state index contributed by atoms with van der Waals surface area (Å²) >= 11 is 0. The van der Waals surface area contributed by atoms with Crippen molar-refractivity contribution >= 4 is 5.78 Å². The summed E-state index contributed by atoms with van der Waals surface area (Å²) in [6, 6.07) is 0.0903. The SMILES string of the molecule is CCN[C@@H](CC1CC1)C(=O)C(C)(C)C. The number of carbonyl (C=O) groups excluding carboxylic acids is 1. The van der Waals surface area contributed by atoms with E-state index in [9.17, 15) is 4.79 Å². The van der Waals surface area contributed by atoms with E-state index in [4.69, 9.17) is 0 Å². The molecule has 1 N–H and O–H groups in total. The van der Waals surface area contributed by atoms with Gasteiger partial charge < -0.3 is 5.32 Å². The highest BCUT2D eigenvalue weighted by molar-refractivity contribution is 5.88. The molecule has 0 radical (unpaired) electrons. The molecule has 0 saturated heterocycles. The summed E-state index contributed by atoms with van der Waals surface area (Å²) in [5, 5.41) is 3.31. The molecule has 0 aliphatic heterocycles. The van der Waals surface area contributed by atoms with Gasteiger partial charge in [0, 0.05) is 5.41 Å². The summed E-state index contributed by atoms with van der Waals surface area (Å²) in [5.41, 5.74) is -0.207. The first-order chi connectivity index (χ1) is 6.45. The second-order valence-electron chi connectivity index (χ2n) is 5.40. The minimum Gasteiger partial charge on any atom is -0.308 e. The highest BCUT2D eigenvalue weighted by atomic mass is 16.1. The normalized spacial score (nSPS) is 19.4. The van der Waals surface area contributed by atoms with Crippen LogP contribution in [0.4, 0.5) is 0 Å². The van der Waals surface area contributed by atoms with Crippen molar-refractivity contribution in [3.63, 3.8) is 0 Å². The number of hydrogen-bond donors (Lipinski definition) is 1. The molecule has 0 amide bonds. The summed E-state index contributed by atoms with van der Waals surface area (Å²) in [6.45, 7) is 8.97. The van der Waals surface area contributed by atoms with E-state index in [1.54, 1.807) is 0 Å². The van der Waals surface area contributed by atoms with Crippen molar-refractivity contribution in [3.8, 4) is 0 Å². The average molecular weight is 197 g/mol. The van der Waals surface area contributed by atoms with E-state index in [2.05, 4.69) is 12.2 Å². The van der Waals surface area contributed by atoms with Crippen molar-refractivity contribution in [3.05, 3.63) is 0 Å². The van der Waals surface area contributed by atoms with Gasteiger partial charge >= 0.3 is 0 Å². The minimum absolute atomic E-state index is 0.0903. The zero-order chi connectivity index (χ0) is 10.8. The summed E-state index contributed by atoms with van der Waals surface area (Å²) in [4.78, 5) is 12.1. The molecule has 14 heavy (non-hydrogen) atoms. The quantitative estimate of drug-likeness (QED) is 0.733. The molecule has 1 fully saturated rings. The van der Waals surface area contributed by atoms with Gasteiger partial charge in [0.1, 0.15) is 0 Å². The Morgan fingerprint density at radius 1 is 1.43 bits per heavy atom. The topological polar surface area (TPSA) is 29.1 Å². The van der Waals surface area contributed by atoms with Gasteiger partial charge in [-0.15, -0.1) is 0 Å². The first-order valence-electron chi connectivity index (χ1n) is 5.73. The predicted octanol–water partition coefficient (Wildman–Crippen LogP) is 2.38. The van der Waals surface area contributed by atoms with Crippen LogP contribution in [0.2, 0.25) is 0 Å². The molecule has 0 aromatic heterocycles. The fraction of sp³-hybridized carbons (Fsp3) is 0.917. The maximum Gasteiger partial charge on any atom is 0.155 e. The van der Waals surface area contributed by atoms with Crippen LogP contribution in [-0.4, -0.2) is 18.4 Å². The lowest BCUT2D eigenvalue weighted by molar-refractivity contribution is -0.128. The van der Waals surface area contributed by atoms with Crippen molar-refractivity contribution in [2.24, 2.45) is 11.3 Å². The zero-order valence-electron chi connectivity index (χ0n) is 9.89. The van der Waals surface area contributed by atoms with Crippen LogP contribution in [-0.2, 0) is 4.79 Å². The smallest absolute Gasteiger partial charge is 0.155 e. The molecule has 1 saturated carbocycles. The fourth-order valence-corrected chi connectivity index (χ4v) is 1.74. The van der Waals surface area contributed by atoms with E-state index >= 15 is 0 Å². The largest absolute Gasteiger partial charge is 0.308 e. The van der Waals surface area contributed by atoms with Crippen LogP contribution < -0.4 is 5.32 Å². The third kappa shape index (κ3) is 3.41. The number of rotatable bonds is 5. The first kappa shape index (κ1) is 11.7. The number of hydrogen-bond acceptors (Lipinski definition) is 2. The molecular formula is C12H23NO. The summed E-state index contributed by atoms with van der Waals surface area (Å²) in [6.07, 6.45) is 3.68. The molecule has 0 bridgehead atoms. The van der Waals surface area contributed by atoms with Crippen molar-refractivity contribution < 1.29 is 4.79 Å². The zero-order valence-corrected chi connectivity index (χ0v) is 9.89. The minimum atomic E-state index is -0.207. The Hall–Kier alpha value is -0.370. The lowest BCUT2D eigenvalue weighted by Gasteiger charge is -2.25. The van der Waals surface area contributed by atoms with Crippen LogP contribution in [0.1, 0.15) is 47.0 Å². The maximum atomic E-state index is 12.1. The van der Waals surface area contributed by atoms with Crippen molar-refractivity contribution in [2.45, 2.75) is 53.0 Å². The molecule has 1 aliphatic rings. The van der Waals surface area contributed by atoms with Gasteiger partial charge in [-0.05, 0) is 18.9 Å². The Labute approximate surface area is 87.5 Å². The number of Topliss-reactive ketones (excluding diaryl/α,β-unsaturated/α-hetero) is 1. The molecule has 0 aromatic carbocycles. The van der Waals surface area contributed by atoms with Gasteiger partial charge in [-0.1, -0.05) is 40.5 Å². The van der Waals surface area contributed by atoms with Crippen LogP contribution in [0.15, 0.2) is 0 Å². The number of nitrogens with one attached hydrogen (secondary N) is 1. The van der Waals surface area contributed by atoms with Gasteiger partial charge in [0.05, 0.1) is 6.04 Å². The van der Waals surface area contributed by atoms with Crippen LogP contribution in [0, 0.1) is 11.3 Å². The van der Waals surface area contributed by atoms with Gasteiger partial charge in [-0.2, -0.15) is 0 Å². The van der Waals surface area contributed by atoms with Gasteiger partial charge in [0.2, 0.25) is 0 Å². The van der Waals surface area contributed by atoms with Gasteiger partial charge in [-0.3, -0.25) is 4.79 Å². The second kappa shape index (κ2) is 4.43. The second-order valence-corrected chi connectivity index (χ2v) is 5.40. The fourth-order valence-electron chi connectivity index (χ4n) is 1.74. The maximum absolute atomic E-state index is 12.1. The van der Waals surface area contributed by atoms with E-state index < -0.39 is 0 Å². The summed E-state index contributed by atoms with van der Waals surface area (Å²) < 4.78 is 0. The third-order valence-electron chi connectivity index (χ3n) is 2.77. The van der Waals surface area contributed by atoms with Crippen LogP contribution in [0.3, 0.4) is 0 Å². The lowest BCUT2D eigenvalue weighted by Crippen LogP contribution is -2.43. The van der Waals surface area contributed by atoms with Crippen LogP contribution in [0.5, 0.6) is 0 Å². The number of likely N-dealkylation sites (N-methyl/N-ethyl adjacent to an activating group) is 1. The van der Waals surface area contributed by atoms with E-state index in [0.29, 0.717) is 5.78 Å².